The third-order valence-electron chi connectivity index (χ3n) is 5.38. The van der Waals surface area contributed by atoms with E-state index in [0.717, 1.165) is 13.0 Å². The highest BCUT2D eigenvalue weighted by molar-refractivity contribution is 6.99. The summed E-state index contributed by atoms with van der Waals surface area (Å²) in [7, 11) is -2.44. The molecular weight excluding hydrogens is 338 g/mol. The average molecular weight is 366 g/mol. The molecule has 26 heavy (non-hydrogen) atoms. The van der Waals surface area contributed by atoms with E-state index in [1.165, 1.54) is 10.4 Å². The van der Waals surface area contributed by atoms with Gasteiger partial charge in [0.05, 0.1) is 0 Å². The molecule has 5 heteroatoms. The third kappa shape index (κ3) is 3.70. The van der Waals surface area contributed by atoms with Crippen molar-refractivity contribution in [3.8, 4) is 0 Å². The second-order valence-electron chi connectivity index (χ2n) is 8.14. The number of hydrogen-bond acceptors (Lipinski definition) is 2. The maximum absolute atomic E-state index is 8.53. The molecule has 2 atom stereocenters. The smallest absolute Gasteiger partial charge is 0.261 e. The first kappa shape index (κ1) is 18.7. The Hall–Kier alpha value is -2.07. The Labute approximate surface area is 157 Å². The highest BCUT2D eigenvalue weighted by atomic mass is 28.4. The minimum absolute atomic E-state index is 0.00486. The van der Waals surface area contributed by atoms with Gasteiger partial charge < -0.3 is 4.43 Å². The molecule has 0 amide bonds. The van der Waals surface area contributed by atoms with Crippen molar-refractivity contribution in [3.63, 3.8) is 0 Å². The molecule has 0 N–H and O–H groups in total. The molecule has 0 heterocycles. The van der Waals surface area contributed by atoms with Gasteiger partial charge >= 0.3 is 0 Å². The van der Waals surface area contributed by atoms with Gasteiger partial charge in [0.1, 0.15) is 0 Å². The van der Waals surface area contributed by atoms with Crippen molar-refractivity contribution in [2.24, 2.45) is 17.0 Å². The van der Waals surface area contributed by atoms with Crippen LogP contribution in [-0.2, 0) is 4.43 Å². The van der Waals surface area contributed by atoms with E-state index < -0.39 is 8.32 Å². The average Bonchev–Trinajstić information content (AvgIpc) is 3.39. The Morgan fingerprint density at radius 2 is 1.54 bits per heavy atom. The Morgan fingerprint density at radius 3 is 2.00 bits per heavy atom. The molecule has 1 aliphatic rings. The van der Waals surface area contributed by atoms with Crippen LogP contribution in [0.5, 0.6) is 0 Å². The Kier molecular flexibility index (Phi) is 5.51. The van der Waals surface area contributed by atoms with Gasteiger partial charge in [-0.2, -0.15) is 0 Å². The number of nitrogens with zero attached hydrogens (tertiary/aromatic N) is 3. The summed E-state index contributed by atoms with van der Waals surface area (Å²) in [6.45, 7) is 8.21. The van der Waals surface area contributed by atoms with Gasteiger partial charge in [0.15, 0.2) is 0 Å². The summed E-state index contributed by atoms with van der Waals surface area (Å²) in [5.41, 5.74) is 8.53. The largest absolute Gasteiger partial charge is 0.407 e. The van der Waals surface area contributed by atoms with Crippen molar-refractivity contribution in [2.45, 2.75) is 32.2 Å². The predicted octanol–water partition coefficient (Wildman–Crippen LogP) is 4.51. The fourth-order valence-electron chi connectivity index (χ4n) is 3.87. The minimum atomic E-state index is -2.44. The van der Waals surface area contributed by atoms with E-state index >= 15 is 0 Å². The molecule has 0 radical (unpaired) electrons. The summed E-state index contributed by atoms with van der Waals surface area (Å²) in [6.07, 6.45) is 1.09. The van der Waals surface area contributed by atoms with Gasteiger partial charge in [0.2, 0.25) is 0 Å². The van der Waals surface area contributed by atoms with Gasteiger partial charge in [0.25, 0.3) is 8.32 Å². The molecule has 4 nitrogen and oxygen atoms in total. The number of hydrogen-bond donors (Lipinski definition) is 0. The first-order valence-corrected chi connectivity index (χ1v) is 11.2. The van der Waals surface area contributed by atoms with Crippen LogP contribution in [0.2, 0.25) is 5.04 Å². The molecule has 2 aromatic rings. The second-order valence-corrected chi connectivity index (χ2v) is 12.4. The van der Waals surface area contributed by atoms with E-state index in [1.54, 1.807) is 0 Å². The van der Waals surface area contributed by atoms with Gasteiger partial charge in [0, 0.05) is 18.1 Å². The van der Waals surface area contributed by atoms with Crippen LogP contribution < -0.4 is 10.4 Å². The van der Waals surface area contributed by atoms with E-state index in [9.17, 15) is 0 Å². The normalized spacial score (nSPS) is 19.7. The zero-order chi connectivity index (χ0) is 18.6. The highest BCUT2D eigenvalue weighted by Gasteiger charge is 2.51. The van der Waals surface area contributed by atoms with Crippen molar-refractivity contribution in [1.29, 1.82) is 0 Å². The van der Waals surface area contributed by atoms with Gasteiger partial charge in [-0.1, -0.05) is 86.5 Å². The summed E-state index contributed by atoms with van der Waals surface area (Å²) < 4.78 is 6.90. The minimum Gasteiger partial charge on any atom is -0.407 e. The molecule has 0 spiro atoms. The standard InChI is InChI=1S/C21H27N3OSi/c1-21(2,3)26(19-10-6-4-7-11-19,20-12-8-5-9-13-20)25-16-18-14-17(18)15-23-24-22/h4-13,17-18H,14-16H2,1-3H3/t17-,18-/m0/s1. The van der Waals surface area contributed by atoms with Crippen molar-refractivity contribution >= 4 is 18.7 Å². The van der Waals surface area contributed by atoms with Crippen molar-refractivity contribution < 1.29 is 4.43 Å². The number of azide groups is 1. The first-order chi connectivity index (χ1) is 12.5. The number of rotatable bonds is 7. The summed E-state index contributed by atoms with van der Waals surface area (Å²) >= 11 is 0. The lowest BCUT2D eigenvalue weighted by Crippen LogP contribution is -2.66. The summed E-state index contributed by atoms with van der Waals surface area (Å²) in [5, 5.41) is 6.36. The SMILES string of the molecule is CC(C)(C)[Si](OC[C@@H]1C[C@H]1CN=[N+]=[N-])(c1ccccc1)c1ccccc1. The molecule has 2 aromatic carbocycles. The van der Waals surface area contributed by atoms with Crippen molar-refractivity contribution in [3.05, 3.63) is 71.1 Å². The molecule has 1 saturated carbocycles. The molecular formula is C21H27N3OSi. The summed E-state index contributed by atoms with van der Waals surface area (Å²) in [5.74, 6) is 0.978. The summed E-state index contributed by atoms with van der Waals surface area (Å²) in [4.78, 5) is 2.89. The quantitative estimate of drug-likeness (QED) is 0.308. The second kappa shape index (κ2) is 7.66. The topological polar surface area (TPSA) is 58.0 Å². The van der Waals surface area contributed by atoms with Crippen molar-refractivity contribution in [2.75, 3.05) is 13.2 Å². The van der Waals surface area contributed by atoms with Gasteiger partial charge in [-0.25, -0.2) is 0 Å². The molecule has 0 aromatic heterocycles. The van der Waals surface area contributed by atoms with E-state index in [1.807, 2.05) is 0 Å². The molecule has 1 aliphatic carbocycles. The van der Waals surface area contributed by atoms with Crippen LogP contribution in [0.15, 0.2) is 65.8 Å². The summed E-state index contributed by atoms with van der Waals surface area (Å²) in [6, 6.07) is 21.4. The van der Waals surface area contributed by atoms with E-state index in [-0.39, 0.29) is 5.04 Å². The fourth-order valence-corrected chi connectivity index (χ4v) is 8.49. The van der Waals surface area contributed by atoms with Crippen LogP contribution in [0.25, 0.3) is 10.4 Å². The zero-order valence-corrected chi connectivity index (χ0v) is 16.8. The fraction of sp³-hybridized carbons (Fsp3) is 0.429. The van der Waals surface area contributed by atoms with Crippen LogP contribution in [0.4, 0.5) is 0 Å². The maximum Gasteiger partial charge on any atom is 0.261 e. The highest BCUT2D eigenvalue weighted by Crippen LogP contribution is 2.42. The van der Waals surface area contributed by atoms with Gasteiger partial charge in [-0.15, -0.1) is 0 Å². The van der Waals surface area contributed by atoms with Crippen LogP contribution in [-0.4, -0.2) is 21.5 Å². The van der Waals surface area contributed by atoms with E-state index in [4.69, 9.17) is 9.96 Å². The van der Waals surface area contributed by atoms with Gasteiger partial charge in [-0.05, 0) is 39.2 Å². The molecule has 136 valence electrons. The monoisotopic (exact) mass is 365 g/mol. The molecule has 0 unspecified atom stereocenters. The first-order valence-electron chi connectivity index (χ1n) is 9.25. The molecule has 1 fully saturated rings. The van der Waals surface area contributed by atoms with E-state index in [2.05, 4.69) is 91.5 Å². The number of benzene rings is 2. The van der Waals surface area contributed by atoms with Crippen LogP contribution in [0.1, 0.15) is 27.2 Å². The van der Waals surface area contributed by atoms with Crippen LogP contribution in [0, 0.1) is 11.8 Å². The lowest BCUT2D eigenvalue weighted by Gasteiger charge is -2.43. The maximum atomic E-state index is 8.53. The van der Waals surface area contributed by atoms with Crippen LogP contribution >= 0.6 is 0 Å². The Balaban J connectivity index is 1.95. The van der Waals surface area contributed by atoms with Gasteiger partial charge in [-0.3, -0.25) is 0 Å². The van der Waals surface area contributed by atoms with E-state index in [0.29, 0.717) is 18.4 Å². The molecule has 0 aliphatic heterocycles. The zero-order valence-electron chi connectivity index (χ0n) is 15.8. The Morgan fingerprint density at radius 1 is 1.00 bits per heavy atom. The Bertz CT molecular complexity index is 727. The predicted molar refractivity (Wildman–Crippen MR) is 109 cm³/mol. The molecule has 0 bridgehead atoms. The molecule has 0 saturated heterocycles. The van der Waals surface area contributed by atoms with Crippen molar-refractivity contribution in [1.82, 2.24) is 0 Å². The third-order valence-corrected chi connectivity index (χ3v) is 10.4. The lowest BCUT2D eigenvalue weighted by atomic mass is 10.2. The lowest BCUT2D eigenvalue weighted by molar-refractivity contribution is 0.274. The van der Waals surface area contributed by atoms with Crippen LogP contribution in [0.3, 0.4) is 0 Å². The molecule has 3 rings (SSSR count).